The summed E-state index contributed by atoms with van der Waals surface area (Å²) in [5.41, 5.74) is 4.48. The first kappa shape index (κ1) is 16.5. The van der Waals surface area contributed by atoms with Crippen molar-refractivity contribution in [3.63, 3.8) is 0 Å². The smallest absolute Gasteiger partial charge is 0.00104 e. The van der Waals surface area contributed by atoms with E-state index in [-0.39, 0.29) is 0 Å². The molecule has 1 heteroatoms. The first-order valence-electron chi connectivity index (χ1n) is 8.81. The molecule has 1 aliphatic carbocycles. The Hall–Kier alpha value is -0.820. The van der Waals surface area contributed by atoms with Gasteiger partial charge >= 0.3 is 0 Å². The number of hydrogen-bond donors (Lipinski definition) is 1. The summed E-state index contributed by atoms with van der Waals surface area (Å²) in [5, 5.41) is 3.68. The van der Waals surface area contributed by atoms with Gasteiger partial charge in [-0.15, -0.1) is 0 Å². The molecule has 0 heterocycles. The summed E-state index contributed by atoms with van der Waals surface area (Å²) in [4.78, 5) is 0. The lowest BCUT2D eigenvalue weighted by atomic mass is 9.69. The van der Waals surface area contributed by atoms with Crippen LogP contribution in [0.25, 0.3) is 0 Å². The van der Waals surface area contributed by atoms with E-state index < -0.39 is 0 Å². The van der Waals surface area contributed by atoms with E-state index in [9.17, 15) is 0 Å². The molecular formula is C20H33N. The van der Waals surface area contributed by atoms with Crippen LogP contribution in [0.2, 0.25) is 0 Å². The van der Waals surface area contributed by atoms with Gasteiger partial charge in [-0.1, -0.05) is 57.4 Å². The zero-order valence-electron chi connectivity index (χ0n) is 14.6. The maximum Gasteiger partial charge on any atom is 0.00104 e. The van der Waals surface area contributed by atoms with E-state index in [1.165, 1.54) is 43.4 Å². The van der Waals surface area contributed by atoms with Gasteiger partial charge in [0.1, 0.15) is 0 Å². The third-order valence-corrected chi connectivity index (χ3v) is 5.29. The number of aryl methyl sites for hydroxylation is 2. The molecule has 0 saturated heterocycles. The fourth-order valence-corrected chi connectivity index (χ4v) is 3.95. The van der Waals surface area contributed by atoms with Crippen LogP contribution in [0.15, 0.2) is 18.2 Å². The van der Waals surface area contributed by atoms with Crippen LogP contribution >= 0.6 is 0 Å². The average molecular weight is 287 g/mol. The summed E-state index contributed by atoms with van der Waals surface area (Å²) < 4.78 is 0. The first-order chi connectivity index (χ1) is 10.0. The number of hydrogen-bond acceptors (Lipinski definition) is 1. The Morgan fingerprint density at radius 1 is 1.19 bits per heavy atom. The second-order valence-corrected chi connectivity index (χ2v) is 7.38. The monoisotopic (exact) mass is 287 g/mol. The summed E-state index contributed by atoms with van der Waals surface area (Å²) in [6.07, 6.45) is 5.52. The Bertz CT molecular complexity index is 449. The molecule has 1 aromatic carbocycles. The van der Waals surface area contributed by atoms with Gasteiger partial charge in [0.15, 0.2) is 0 Å². The lowest BCUT2D eigenvalue weighted by molar-refractivity contribution is 0.222. The molecule has 1 aromatic rings. The fraction of sp³-hybridized carbons (Fsp3) is 0.700. The van der Waals surface area contributed by atoms with E-state index >= 15 is 0 Å². The summed E-state index contributed by atoms with van der Waals surface area (Å²) in [6, 6.07) is 7.65. The van der Waals surface area contributed by atoms with Gasteiger partial charge in [-0.25, -0.2) is 0 Å². The highest BCUT2D eigenvalue weighted by molar-refractivity contribution is 5.34. The Kier molecular flexibility index (Phi) is 5.87. The van der Waals surface area contributed by atoms with E-state index in [0.29, 0.717) is 6.04 Å². The zero-order valence-corrected chi connectivity index (χ0v) is 14.6. The third-order valence-electron chi connectivity index (χ3n) is 5.29. The highest BCUT2D eigenvalue weighted by Gasteiger charge is 2.31. The van der Waals surface area contributed by atoms with Crippen LogP contribution in [0.3, 0.4) is 0 Å². The Labute approximate surface area is 131 Å². The van der Waals surface area contributed by atoms with E-state index in [4.69, 9.17) is 0 Å². The minimum atomic E-state index is 0.591. The van der Waals surface area contributed by atoms with Crippen molar-refractivity contribution in [1.29, 1.82) is 0 Å². The second-order valence-electron chi connectivity index (χ2n) is 7.38. The second kappa shape index (κ2) is 7.45. The van der Waals surface area contributed by atoms with Gasteiger partial charge in [-0.2, -0.15) is 0 Å². The van der Waals surface area contributed by atoms with Crippen LogP contribution in [-0.4, -0.2) is 12.6 Å². The molecule has 0 aromatic heterocycles. The molecule has 0 spiro atoms. The van der Waals surface area contributed by atoms with Crippen LogP contribution in [0.4, 0.5) is 0 Å². The molecule has 3 unspecified atom stereocenters. The van der Waals surface area contributed by atoms with Crippen molar-refractivity contribution >= 4 is 0 Å². The Morgan fingerprint density at radius 3 is 2.57 bits per heavy atom. The summed E-state index contributed by atoms with van der Waals surface area (Å²) >= 11 is 0. The Morgan fingerprint density at radius 2 is 1.95 bits per heavy atom. The number of nitrogens with one attached hydrogen (secondary N) is 1. The van der Waals surface area contributed by atoms with Crippen LogP contribution in [0, 0.1) is 25.7 Å². The minimum Gasteiger partial charge on any atom is -0.314 e. The average Bonchev–Trinajstić information content (AvgIpc) is 2.45. The van der Waals surface area contributed by atoms with Crippen LogP contribution in [0.1, 0.15) is 69.1 Å². The zero-order chi connectivity index (χ0) is 15.4. The molecule has 21 heavy (non-hydrogen) atoms. The minimum absolute atomic E-state index is 0.591. The van der Waals surface area contributed by atoms with Gasteiger partial charge in [0, 0.05) is 6.04 Å². The lowest BCUT2D eigenvalue weighted by Crippen LogP contribution is -2.35. The van der Waals surface area contributed by atoms with Crippen LogP contribution in [-0.2, 0) is 0 Å². The third kappa shape index (κ3) is 4.32. The van der Waals surface area contributed by atoms with Gasteiger partial charge in [0.2, 0.25) is 0 Å². The lowest BCUT2D eigenvalue weighted by Gasteiger charge is -2.37. The predicted molar refractivity (Wildman–Crippen MR) is 92.9 cm³/mol. The number of rotatable bonds is 5. The van der Waals surface area contributed by atoms with E-state index in [2.05, 4.69) is 58.1 Å². The molecule has 0 radical (unpaired) electrons. The quantitative estimate of drug-likeness (QED) is 0.783. The largest absolute Gasteiger partial charge is 0.314 e. The first-order valence-corrected chi connectivity index (χ1v) is 8.81. The number of benzene rings is 1. The van der Waals surface area contributed by atoms with Crippen molar-refractivity contribution in [3.8, 4) is 0 Å². The van der Waals surface area contributed by atoms with Crippen molar-refractivity contribution in [1.82, 2.24) is 5.32 Å². The van der Waals surface area contributed by atoms with Crippen molar-refractivity contribution in [2.75, 3.05) is 6.54 Å². The Balaban J connectivity index is 2.19. The molecule has 0 amide bonds. The topological polar surface area (TPSA) is 12.0 Å². The molecule has 1 nitrogen and oxygen atoms in total. The molecule has 1 saturated carbocycles. The standard InChI is InChI=1S/C20H33N/c1-6-17-8-9-18(13-21-14(2)3)20(12-17)19-10-7-15(4)11-16(19)5/h7,10-11,14,17-18,20-21H,6,8-9,12-13H2,1-5H3. The summed E-state index contributed by atoms with van der Waals surface area (Å²) in [6.45, 7) is 12.5. The maximum absolute atomic E-state index is 3.68. The molecule has 1 aliphatic rings. The van der Waals surface area contributed by atoms with E-state index in [1.54, 1.807) is 5.56 Å². The predicted octanol–water partition coefficient (Wildman–Crippen LogP) is 5.21. The maximum atomic E-state index is 3.68. The highest BCUT2D eigenvalue weighted by Crippen LogP contribution is 2.42. The van der Waals surface area contributed by atoms with E-state index in [1.807, 2.05) is 0 Å². The van der Waals surface area contributed by atoms with Gasteiger partial charge in [-0.3, -0.25) is 0 Å². The van der Waals surface area contributed by atoms with Gasteiger partial charge < -0.3 is 5.32 Å². The van der Waals surface area contributed by atoms with Crippen molar-refractivity contribution in [3.05, 3.63) is 34.9 Å². The molecule has 0 bridgehead atoms. The molecule has 3 atom stereocenters. The molecule has 2 rings (SSSR count). The van der Waals surface area contributed by atoms with Gasteiger partial charge in [-0.05, 0) is 62.1 Å². The van der Waals surface area contributed by atoms with Crippen LogP contribution in [0.5, 0.6) is 0 Å². The van der Waals surface area contributed by atoms with Gasteiger partial charge in [0.05, 0.1) is 0 Å². The molecule has 118 valence electrons. The molecule has 1 N–H and O–H groups in total. The SMILES string of the molecule is CCC1CCC(CNC(C)C)C(c2ccc(C)cc2C)C1. The van der Waals surface area contributed by atoms with Crippen molar-refractivity contribution in [2.24, 2.45) is 11.8 Å². The molecule has 1 fully saturated rings. The van der Waals surface area contributed by atoms with Crippen molar-refractivity contribution < 1.29 is 0 Å². The highest BCUT2D eigenvalue weighted by atomic mass is 14.9. The van der Waals surface area contributed by atoms with Crippen LogP contribution < -0.4 is 5.32 Å². The molecule has 0 aliphatic heterocycles. The van der Waals surface area contributed by atoms with E-state index in [0.717, 1.165) is 17.8 Å². The fourth-order valence-electron chi connectivity index (χ4n) is 3.95. The summed E-state index contributed by atoms with van der Waals surface area (Å²) in [7, 11) is 0. The normalized spacial score (nSPS) is 26.3. The van der Waals surface area contributed by atoms with Crippen molar-refractivity contribution in [2.45, 2.75) is 72.3 Å². The summed E-state index contributed by atoms with van der Waals surface area (Å²) in [5.74, 6) is 2.47. The molecular weight excluding hydrogens is 254 g/mol. The van der Waals surface area contributed by atoms with Gasteiger partial charge in [0.25, 0.3) is 0 Å².